The molecule has 0 saturated carbocycles. The van der Waals surface area contributed by atoms with Gasteiger partial charge < -0.3 is 9.57 Å². The molecular weight excluding hydrogens is 330 g/mol. The van der Waals surface area contributed by atoms with E-state index in [1.54, 1.807) is 42.5 Å². The predicted molar refractivity (Wildman–Crippen MR) is 92.5 cm³/mol. The van der Waals surface area contributed by atoms with E-state index in [1.165, 1.54) is 14.2 Å². The second-order valence-electron chi connectivity index (χ2n) is 5.05. The predicted octanol–water partition coefficient (Wildman–Crippen LogP) is 3.17. The first-order valence-electron chi connectivity index (χ1n) is 7.15. The average Bonchev–Trinajstić information content (AvgIpc) is 2.60. The summed E-state index contributed by atoms with van der Waals surface area (Å²) in [6.07, 6.45) is 0. The second-order valence-corrected chi connectivity index (χ2v) is 5.49. The fourth-order valence-electron chi connectivity index (χ4n) is 2.70. The third-order valence-electron chi connectivity index (χ3n) is 3.73. The number of carbonyl (C=O) groups is 1. The molecule has 6 heteroatoms. The maximum atomic E-state index is 13.0. The van der Waals surface area contributed by atoms with Crippen LogP contribution < -0.4 is 10.4 Å². The van der Waals surface area contributed by atoms with Crippen LogP contribution in [0.5, 0.6) is 0 Å². The van der Waals surface area contributed by atoms with Crippen molar-refractivity contribution in [3.63, 3.8) is 0 Å². The molecule has 2 aromatic carbocycles. The first kappa shape index (κ1) is 16.1. The zero-order valence-electron chi connectivity index (χ0n) is 13.1. The topological polar surface area (TPSA) is 57.5 Å². The Bertz CT molecular complexity index is 980. The summed E-state index contributed by atoms with van der Waals surface area (Å²) in [6, 6.07) is 13.8. The molecule has 1 heterocycles. The van der Waals surface area contributed by atoms with Crippen molar-refractivity contribution in [3.8, 4) is 11.1 Å². The van der Waals surface area contributed by atoms with Crippen molar-refractivity contribution in [2.75, 3.05) is 14.2 Å². The molecule has 0 aliphatic carbocycles. The Balaban J connectivity index is 2.55. The number of carbonyl (C=O) groups excluding carboxylic acids is 1. The molecule has 1 aromatic heterocycles. The quantitative estimate of drug-likeness (QED) is 0.685. The van der Waals surface area contributed by atoms with Gasteiger partial charge in [-0.05, 0) is 17.7 Å². The molecule has 0 saturated heterocycles. The standard InChI is InChI=1S/C18H14ClNO4/c1-23-18(22)16-13-9-8-12(19)10-14(13)20(24-2)17(21)15(16)11-6-4-3-5-7-11/h3-10H,1-2H3. The van der Waals surface area contributed by atoms with Crippen LogP contribution in [0.1, 0.15) is 10.4 Å². The fourth-order valence-corrected chi connectivity index (χ4v) is 2.87. The second kappa shape index (κ2) is 6.37. The van der Waals surface area contributed by atoms with E-state index < -0.39 is 11.5 Å². The summed E-state index contributed by atoms with van der Waals surface area (Å²) in [7, 11) is 2.66. The van der Waals surface area contributed by atoms with Crippen LogP contribution in [0, 0.1) is 0 Å². The van der Waals surface area contributed by atoms with Crippen molar-refractivity contribution in [2.45, 2.75) is 0 Å². The van der Waals surface area contributed by atoms with E-state index >= 15 is 0 Å². The lowest BCUT2D eigenvalue weighted by Gasteiger charge is -2.16. The fraction of sp³-hybridized carbons (Fsp3) is 0.111. The third-order valence-corrected chi connectivity index (χ3v) is 3.97. The molecule has 122 valence electrons. The number of aromatic nitrogens is 1. The number of ether oxygens (including phenoxy) is 1. The molecule has 5 nitrogen and oxygen atoms in total. The van der Waals surface area contributed by atoms with Gasteiger partial charge in [-0.25, -0.2) is 4.79 Å². The van der Waals surface area contributed by atoms with Crippen LogP contribution >= 0.6 is 11.6 Å². The monoisotopic (exact) mass is 343 g/mol. The zero-order valence-corrected chi connectivity index (χ0v) is 13.8. The molecule has 0 spiro atoms. The summed E-state index contributed by atoms with van der Waals surface area (Å²) in [5.74, 6) is -0.596. The van der Waals surface area contributed by atoms with Crippen molar-refractivity contribution in [3.05, 3.63) is 69.5 Å². The summed E-state index contributed by atoms with van der Waals surface area (Å²) in [5.41, 5.74) is 0.951. The van der Waals surface area contributed by atoms with E-state index in [0.29, 0.717) is 21.5 Å². The number of benzene rings is 2. The molecule has 0 aliphatic rings. The van der Waals surface area contributed by atoms with Crippen molar-refractivity contribution in [1.82, 2.24) is 4.73 Å². The van der Waals surface area contributed by atoms with Crippen LogP contribution in [0.25, 0.3) is 22.0 Å². The Labute approximate surface area is 143 Å². The molecule has 0 fully saturated rings. The lowest BCUT2D eigenvalue weighted by molar-refractivity contribution is 0.0603. The molecule has 0 amide bonds. The van der Waals surface area contributed by atoms with Crippen molar-refractivity contribution >= 4 is 28.5 Å². The van der Waals surface area contributed by atoms with Crippen LogP contribution in [-0.4, -0.2) is 24.9 Å². The Morgan fingerprint density at radius 1 is 1.08 bits per heavy atom. The van der Waals surface area contributed by atoms with Gasteiger partial charge >= 0.3 is 5.97 Å². The number of fused-ring (bicyclic) bond motifs is 1. The van der Waals surface area contributed by atoms with E-state index in [2.05, 4.69) is 0 Å². The van der Waals surface area contributed by atoms with Gasteiger partial charge in [0, 0.05) is 10.4 Å². The Kier molecular flexibility index (Phi) is 4.27. The molecule has 0 bridgehead atoms. The first-order chi connectivity index (χ1) is 11.6. The SMILES string of the molecule is COC(=O)c1c(-c2ccccc2)c(=O)n(OC)c2cc(Cl)ccc12. The molecule has 0 aliphatic heterocycles. The minimum absolute atomic E-state index is 0.189. The number of methoxy groups -OCH3 is 1. The summed E-state index contributed by atoms with van der Waals surface area (Å²) >= 11 is 6.04. The number of halogens is 1. The normalized spacial score (nSPS) is 10.6. The van der Waals surface area contributed by atoms with Crippen molar-refractivity contribution in [1.29, 1.82) is 0 Å². The molecule has 0 radical (unpaired) electrons. The van der Waals surface area contributed by atoms with E-state index in [-0.39, 0.29) is 11.1 Å². The van der Waals surface area contributed by atoms with Crippen LogP contribution in [0.2, 0.25) is 5.02 Å². The number of hydrogen-bond donors (Lipinski definition) is 0. The highest BCUT2D eigenvalue weighted by molar-refractivity contribution is 6.31. The van der Waals surface area contributed by atoms with Crippen LogP contribution in [0.4, 0.5) is 0 Å². The lowest BCUT2D eigenvalue weighted by atomic mass is 9.97. The summed E-state index contributed by atoms with van der Waals surface area (Å²) in [5, 5.41) is 0.947. The van der Waals surface area contributed by atoms with Crippen LogP contribution in [0.15, 0.2) is 53.3 Å². The number of nitrogens with zero attached hydrogens (tertiary/aromatic N) is 1. The molecule has 0 N–H and O–H groups in total. The molecule has 24 heavy (non-hydrogen) atoms. The molecule has 0 unspecified atom stereocenters. The molecule has 3 aromatic rings. The summed E-state index contributed by atoms with van der Waals surface area (Å²) < 4.78 is 6.03. The average molecular weight is 344 g/mol. The van der Waals surface area contributed by atoms with Gasteiger partial charge in [-0.3, -0.25) is 4.79 Å². The highest BCUT2D eigenvalue weighted by Gasteiger charge is 2.24. The van der Waals surface area contributed by atoms with Gasteiger partial charge in [0.05, 0.1) is 23.8 Å². The number of hydrogen-bond acceptors (Lipinski definition) is 4. The Morgan fingerprint density at radius 2 is 1.79 bits per heavy atom. The maximum absolute atomic E-state index is 13.0. The Hall–Kier alpha value is -2.79. The molecule has 3 rings (SSSR count). The highest BCUT2D eigenvalue weighted by atomic mass is 35.5. The lowest BCUT2D eigenvalue weighted by Crippen LogP contribution is -2.29. The molecular formula is C18H14ClNO4. The van der Waals surface area contributed by atoms with Gasteiger partial charge in [0.25, 0.3) is 5.56 Å². The number of esters is 1. The largest absolute Gasteiger partial charge is 0.465 e. The van der Waals surface area contributed by atoms with Crippen LogP contribution in [-0.2, 0) is 4.74 Å². The van der Waals surface area contributed by atoms with Crippen LogP contribution in [0.3, 0.4) is 0 Å². The zero-order chi connectivity index (χ0) is 17.3. The van der Waals surface area contributed by atoms with Crippen molar-refractivity contribution < 1.29 is 14.4 Å². The maximum Gasteiger partial charge on any atom is 0.339 e. The van der Waals surface area contributed by atoms with Crippen molar-refractivity contribution in [2.24, 2.45) is 0 Å². The summed E-state index contributed by atoms with van der Waals surface area (Å²) in [4.78, 5) is 30.6. The molecule has 0 atom stereocenters. The first-order valence-corrected chi connectivity index (χ1v) is 7.52. The van der Waals surface area contributed by atoms with Gasteiger partial charge in [0.2, 0.25) is 0 Å². The van der Waals surface area contributed by atoms with E-state index in [9.17, 15) is 9.59 Å². The van der Waals surface area contributed by atoms with Gasteiger partial charge in [-0.1, -0.05) is 48.0 Å². The van der Waals surface area contributed by atoms with Gasteiger partial charge in [0.1, 0.15) is 7.11 Å². The number of pyridine rings is 1. The smallest absolute Gasteiger partial charge is 0.339 e. The minimum atomic E-state index is -0.596. The Morgan fingerprint density at radius 3 is 2.42 bits per heavy atom. The number of rotatable bonds is 3. The van der Waals surface area contributed by atoms with Gasteiger partial charge in [0.15, 0.2) is 0 Å². The highest BCUT2D eigenvalue weighted by Crippen LogP contribution is 2.29. The van der Waals surface area contributed by atoms with E-state index in [1.807, 2.05) is 6.07 Å². The van der Waals surface area contributed by atoms with Gasteiger partial charge in [-0.2, -0.15) is 0 Å². The van der Waals surface area contributed by atoms with E-state index in [4.69, 9.17) is 21.2 Å². The van der Waals surface area contributed by atoms with Gasteiger partial charge in [-0.15, -0.1) is 4.73 Å². The third kappa shape index (κ3) is 2.53. The van der Waals surface area contributed by atoms with E-state index in [0.717, 1.165) is 4.73 Å². The summed E-state index contributed by atoms with van der Waals surface area (Å²) in [6.45, 7) is 0. The minimum Gasteiger partial charge on any atom is -0.465 e.